The molecule has 0 radical (unpaired) electrons. The number of fused-ring (bicyclic) bond motifs is 1. The van der Waals surface area contributed by atoms with Gasteiger partial charge in [-0.25, -0.2) is 9.50 Å². The summed E-state index contributed by atoms with van der Waals surface area (Å²) in [4.78, 5) is 29.0. The quantitative estimate of drug-likeness (QED) is 0.671. The van der Waals surface area contributed by atoms with Gasteiger partial charge in [0, 0.05) is 36.7 Å². The van der Waals surface area contributed by atoms with Crippen molar-refractivity contribution >= 4 is 11.6 Å². The minimum atomic E-state index is -0.244. The molecule has 0 aliphatic heterocycles. The van der Waals surface area contributed by atoms with E-state index in [9.17, 15) is 9.59 Å². The number of carbonyl (C=O) groups is 1. The van der Waals surface area contributed by atoms with Crippen molar-refractivity contribution in [2.24, 2.45) is 11.8 Å². The minimum Gasteiger partial charge on any atom is -0.396 e. The average molecular weight is 334 g/mol. The van der Waals surface area contributed by atoms with Crippen molar-refractivity contribution in [2.75, 3.05) is 13.2 Å². The molecule has 0 aliphatic rings. The SMILES string of the molecule is Cc1nc2cc[nH]n2c(=O)c1CC(=O)NCC(CCO)CC(C)C. The van der Waals surface area contributed by atoms with E-state index < -0.39 is 0 Å². The molecule has 3 N–H and O–H groups in total. The summed E-state index contributed by atoms with van der Waals surface area (Å²) < 4.78 is 1.34. The normalized spacial score (nSPS) is 12.7. The highest BCUT2D eigenvalue weighted by Crippen LogP contribution is 2.14. The third-order valence-electron chi connectivity index (χ3n) is 4.11. The van der Waals surface area contributed by atoms with Crippen LogP contribution in [0.1, 0.15) is 37.9 Å². The third-order valence-corrected chi connectivity index (χ3v) is 4.11. The fourth-order valence-corrected chi connectivity index (χ4v) is 2.94. The van der Waals surface area contributed by atoms with E-state index in [4.69, 9.17) is 5.11 Å². The van der Waals surface area contributed by atoms with E-state index in [1.54, 1.807) is 19.2 Å². The van der Waals surface area contributed by atoms with Crippen LogP contribution < -0.4 is 10.9 Å². The van der Waals surface area contributed by atoms with Gasteiger partial charge in [-0.2, -0.15) is 0 Å². The van der Waals surface area contributed by atoms with Crippen molar-refractivity contribution in [3.05, 3.63) is 33.9 Å². The molecule has 0 fully saturated rings. The van der Waals surface area contributed by atoms with Crippen LogP contribution in [0.3, 0.4) is 0 Å². The Bertz CT molecular complexity index is 748. The van der Waals surface area contributed by atoms with Gasteiger partial charge in [-0.05, 0) is 31.6 Å². The number of aromatic amines is 1. The molecule has 0 aliphatic carbocycles. The number of hydrogen-bond donors (Lipinski definition) is 3. The molecule has 0 bridgehead atoms. The summed E-state index contributed by atoms with van der Waals surface area (Å²) in [5.74, 6) is 0.546. The van der Waals surface area contributed by atoms with Crippen molar-refractivity contribution in [2.45, 2.75) is 40.0 Å². The van der Waals surface area contributed by atoms with Crippen LogP contribution >= 0.6 is 0 Å². The first-order valence-electron chi connectivity index (χ1n) is 8.35. The van der Waals surface area contributed by atoms with E-state index in [0.29, 0.717) is 35.8 Å². The zero-order valence-corrected chi connectivity index (χ0v) is 14.5. The predicted molar refractivity (Wildman–Crippen MR) is 91.9 cm³/mol. The average Bonchev–Trinajstić information content (AvgIpc) is 2.97. The Balaban J connectivity index is 2.03. The molecule has 2 aromatic rings. The first-order chi connectivity index (χ1) is 11.4. The van der Waals surface area contributed by atoms with Gasteiger partial charge in [-0.1, -0.05) is 13.8 Å². The van der Waals surface area contributed by atoms with Gasteiger partial charge in [0.05, 0.1) is 6.42 Å². The fraction of sp³-hybridized carbons (Fsp3) is 0.588. The minimum absolute atomic E-state index is 0.00709. The summed E-state index contributed by atoms with van der Waals surface area (Å²) in [6.45, 7) is 6.60. The van der Waals surface area contributed by atoms with E-state index in [1.165, 1.54) is 4.52 Å². The third kappa shape index (κ3) is 4.44. The number of nitrogens with one attached hydrogen (secondary N) is 2. The topological polar surface area (TPSA) is 99.5 Å². The summed E-state index contributed by atoms with van der Waals surface area (Å²) in [6.07, 6.45) is 3.25. The zero-order chi connectivity index (χ0) is 17.7. The summed E-state index contributed by atoms with van der Waals surface area (Å²) >= 11 is 0. The monoisotopic (exact) mass is 334 g/mol. The van der Waals surface area contributed by atoms with Gasteiger partial charge < -0.3 is 10.4 Å². The van der Waals surface area contributed by atoms with Gasteiger partial charge in [0.15, 0.2) is 5.65 Å². The number of aromatic nitrogens is 3. The Morgan fingerprint density at radius 1 is 1.46 bits per heavy atom. The number of hydrogen-bond acceptors (Lipinski definition) is 4. The van der Waals surface area contributed by atoms with Crippen LogP contribution in [0.25, 0.3) is 5.65 Å². The van der Waals surface area contributed by atoms with Gasteiger partial charge in [-0.15, -0.1) is 0 Å². The molecule has 0 saturated heterocycles. The second-order valence-corrected chi connectivity index (χ2v) is 6.63. The maximum atomic E-state index is 12.4. The van der Waals surface area contributed by atoms with Crippen LogP contribution in [-0.2, 0) is 11.2 Å². The summed E-state index contributed by atoms with van der Waals surface area (Å²) in [7, 11) is 0. The number of aliphatic hydroxyl groups is 1. The van der Waals surface area contributed by atoms with E-state index >= 15 is 0 Å². The number of amides is 1. The van der Waals surface area contributed by atoms with Crippen molar-refractivity contribution in [3.63, 3.8) is 0 Å². The van der Waals surface area contributed by atoms with Crippen molar-refractivity contribution in [1.82, 2.24) is 19.9 Å². The van der Waals surface area contributed by atoms with Crippen LogP contribution in [0.15, 0.2) is 17.1 Å². The molecular weight excluding hydrogens is 308 g/mol. The van der Waals surface area contributed by atoms with Crippen molar-refractivity contribution in [1.29, 1.82) is 0 Å². The van der Waals surface area contributed by atoms with Crippen molar-refractivity contribution < 1.29 is 9.90 Å². The van der Waals surface area contributed by atoms with Gasteiger partial charge in [0.2, 0.25) is 5.91 Å². The standard InChI is InChI=1S/C17H26N4O3/c1-11(2)8-13(5-7-22)10-18-16(23)9-14-12(3)20-15-4-6-19-21(15)17(14)24/h4,6,11,13,19,22H,5,7-10H2,1-3H3,(H,18,23). The van der Waals surface area contributed by atoms with Crippen LogP contribution in [-0.4, -0.2) is 38.8 Å². The Hall–Kier alpha value is -2.15. The van der Waals surface area contributed by atoms with Crippen molar-refractivity contribution in [3.8, 4) is 0 Å². The zero-order valence-electron chi connectivity index (χ0n) is 14.5. The van der Waals surface area contributed by atoms with Gasteiger partial charge in [0.25, 0.3) is 5.56 Å². The smallest absolute Gasteiger partial charge is 0.276 e. The lowest BCUT2D eigenvalue weighted by Gasteiger charge is -2.18. The molecule has 7 heteroatoms. The number of H-pyrrole nitrogens is 1. The predicted octanol–water partition coefficient (Wildman–Crippen LogP) is 1.03. The molecule has 0 aromatic carbocycles. The van der Waals surface area contributed by atoms with Crippen LogP contribution in [0.2, 0.25) is 0 Å². The molecule has 2 aromatic heterocycles. The molecule has 0 spiro atoms. The summed E-state index contributed by atoms with van der Waals surface area (Å²) in [5, 5.41) is 14.8. The molecule has 2 rings (SSSR count). The number of aryl methyl sites for hydroxylation is 1. The molecule has 0 saturated carbocycles. The second kappa shape index (κ2) is 8.10. The van der Waals surface area contributed by atoms with E-state index in [2.05, 4.69) is 29.2 Å². The first-order valence-corrected chi connectivity index (χ1v) is 8.35. The Morgan fingerprint density at radius 3 is 2.88 bits per heavy atom. The summed E-state index contributed by atoms with van der Waals surface area (Å²) in [5.41, 5.74) is 1.27. The Kier molecular flexibility index (Phi) is 6.14. The van der Waals surface area contributed by atoms with E-state index in [-0.39, 0.29) is 30.4 Å². The Labute approximate surface area is 141 Å². The molecule has 132 valence electrons. The van der Waals surface area contributed by atoms with Crippen LogP contribution in [0, 0.1) is 18.8 Å². The lowest BCUT2D eigenvalue weighted by atomic mass is 9.94. The lowest BCUT2D eigenvalue weighted by molar-refractivity contribution is -0.120. The lowest BCUT2D eigenvalue weighted by Crippen LogP contribution is -2.34. The van der Waals surface area contributed by atoms with Gasteiger partial charge >= 0.3 is 0 Å². The molecule has 7 nitrogen and oxygen atoms in total. The number of rotatable bonds is 8. The van der Waals surface area contributed by atoms with Crippen LogP contribution in [0.5, 0.6) is 0 Å². The maximum Gasteiger partial charge on any atom is 0.276 e. The first kappa shape index (κ1) is 18.2. The molecule has 1 amide bonds. The Morgan fingerprint density at radius 2 is 2.21 bits per heavy atom. The molecule has 24 heavy (non-hydrogen) atoms. The number of nitrogens with zero attached hydrogens (tertiary/aromatic N) is 2. The number of carbonyl (C=O) groups excluding carboxylic acids is 1. The highest BCUT2D eigenvalue weighted by molar-refractivity contribution is 5.78. The largest absolute Gasteiger partial charge is 0.396 e. The maximum absolute atomic E-state index is 12.4. The highest BCUT2D eigenvalue weighted by atomic mass is 16.3. The molecule has 1 unspecified atom stereocenters. The second-order valence-electron chi connectivity index (χ2n) is 6.63. The molecule has 1 atom stereocenters. The highest BCUT2D eigenvalue weighted by Gasteiger charge is 2.16. The number of aliphatic hydroxyl groups excluding tert-OH is 1. The van der Waals surface area contributed by atoms with Crippen LogP contribution in [0.4, 0.5) is 0 Å². The summed E-state index contributed by atoms with van der Waals surface area (Å²) in [6, 6.07) is 1.71. The van der Waals surface area contributed by atoms with E-state index in [1.807, 2.05) is 0 Å². The van der Waals surface area contributed by atoms with Gasteiger partial charge in [0.1, 0.15) is 0 Å². The van der Waals surface area contributed by atoms with E-state index in [0.717, 1.165) is 6.42 Å². The van der Waals surface area contributed by atoms with Gasteiger partial charge in [-0.3, -0.25) is 14.7 Å². The molecule has 2 heterocycles. The molecular formula is C17H26N4O3. The fourth-order valence-electron chi connectivity index (χ4n) is 2.94.